The molecule has 5 atom stereocenters. The highest BCUT2D eigenvalue weighted by molar-refractivity contribution is 5.29. The molecule has 0 saturated heterocycles. The van der Waals surface area contributed by atoms with E-state index in [1.807, 2.05) is 0 Å². The Morgan fingerprint density at radius 3 is 2.53 bits per heavy atom. The third-order valence-corrected chi connectivity index (χ3v) is 5.64. The summed E-state index contributed by atoms with van der Waals surface area (Å²) < 4.78 is 0. The van der Waals surface area contributed by atoms with Crippen LogP contribution in [0.2, 0.25) is 0 Å². The fraction of sp³-hybridized carbons (Fsp3) is 0.625. The Morgan fingerprint density at radius 2 is 1.88 bits per heavy atom. The van der Waals surface area contributed by atoms with Crippen LogP contribution < -0.4 is 5.73 Å². The van der Waals surface area contributed by atoms with E-state index < -0.39 is 0 Å². The second kappa shape index (κ2) is 3.35. The zero-order valence-electron chi connectivity index (χ0n) is 10.5. The maximum absolute atomic E-state index is 6.51. The van der Waals surface area contributed by atoms with Gasteiger partial charge in [-0.2, -0.15) is 0 Å². The van der Waals surface area contributed by atoms with Crippen LogP contribution in [-0.4, -0.2) is 0 Å². The summed E-state index contributed by atoms with van der Waals surface area (Å²) in [4.78, 5) is 0. The fourth-order valence-electron chi connectivity index (χ4n) is 4.97. The van der Waals surface area contributed by atoms with E-state index in [1.54, 1.807) is 0 Å². The normalized spacial score (nSPS) is 43.5. The molecule has 5 unspecified atom stereocenters. The Hall–Kier alpha value is -0.820. The van der Waals surface area contributed by atoms with E-state index in [0.29, 0.717) is 6.04 Å². The second-order valence-electron chi connectivity index (χ2n) is 6.51. The minimum Gasteiger partial charge on any atom is -0.324 e. The van der Waals surface area contributed by atoms with E-state index in [9.17, 15) is 0 Å². The van der Waals surface area contributed by atoms with Gasteiger partial charge < -0.3 is 5.73 Å². The third kappa shape index (κ3) is 1.35. The number of rotatable bonds is 2. The third-order valence-electron chi connectivity index (χ3n) is 5.64. The average Bonchev–Trinajstić information content (AvgIpc) is 2.76. The molecule has 0 radical (unpaired) electrons. The lowest BCUT2D eigenvalue weighted by Crippen LogP contribution is -2.17. The van der Waals surface area contributed by atoms with Crippen molar-refractivity contribution in [3.05, 3.63) is 35.4 Å². The molecule has 0 heterocycles. The van der Waals surface area contributed by atoms with Crippen LogP contribution >= 0.6 is 0 Å². The molecule has 0 aromatic heterocycles. The Labute approximate surface area is 103 Å². The highest BCUT2D eigenvalue weighted by Gasteiger charge is 2.66. The SMILES string of the molecule is Cc1cccc(C(N)C2C3C4CCC(C4)C32)c1. The first-order chi connectivity index (χ1) is 8.25. The van der Waals surface area contributed by atoms with Crippen molar-refractivity contribution in [1.29, 1.82) is 0 Å². The van der Waals surface area contributed by atoms with Crippen molar-refractivity contribution in [2.75, 3.05) is 0 Å². The van der Waals surface area contributed by atoms with Crippen LogP contribution in [0, 0.1) is 36.5 Å². The molecule has 0 amide bonds. The van der Waals surface area contributed by atoms with Crippen molar-refractivity contribution in [3.8, 4) is 0 Å². The summed E-state index contributed by atoms with van der Waals surface area (Å²) in [6, 6.07) is 9.10. The standard InChI is InChI=1S/C16H21N/c1-9-3-2-4-12(7-9)16(17)15-13-10-5-6-11(8-10)14(13)15/h2-4,7,10-11,13-16H,5-6,8,17H2,1H3. The van der Waals surface area contributed by atoms with Gasteiger partial charge in [-0.3, -0.25) is 0 Å². The van der Waals surface area contributed by atoms with Gasteiger partial charge in [0.1, 0.15) is 0 Å². The molecule has 0 aliphatic heterocycles. The average molecular weight is 227 g/mol. The molecular weight excluding hydrogens is 206 g/mol. The molecule has 0 spiro atoms. The Bertz CT molecular complexity index is 437. The van der Waals surface area contributed by atoms with Crippen molar-refractivity contribution < 1.29 is 0 Å². The predicted octanol–water partition coefficient (Wildman–Crippen LogP) is 3.29. The number of aryl methyl sites for hydroxylation is 1. The molecule has 2 bridgehead atoms. The maximum atomic E-state index is 6.51. The van der Waals surface area contributed by atoms with E-state index >= 15 is 0 Å². The molecule has 3 saturated carbocycles. The summed E-state index contributed by atoms with van der Waals surface area (Å²) in [5.74, 6) is 4.85. The number of fused-ring (bicyclic) bond motifs is 5. The van der Waals surface area contributed by atoms with Crippen LogP contribution in [-0.2, 0) is 0 Å². The summed E-state index contributed by atoms with van der Waals surface area (Å²) >= 11 is 0. The van der Waals surface area contributed by atoms with Gasteiger partial charge in [-0.1, -0.05) is 29.8 Å². The second-order valence-corrected chi connectivity index (χ2v) is 6.51. The number of nitrogens with two attached hydrogens (primary N) is 1. The smallest absolute Gasteiger partial charge is 0.0329 e. The van der Waals surface area contributed by atoms with E-state index in [-0.39, 0.29) is 0 Å². The minimum absolute atomic E-state index is 0.299. The van der Waals surface area contributed by atoms with E-state index in [1.165, 1.54) is 30.4 Å². The van der Waals surface area contributed by atoms with Crippen molar-refractivity contribution >= 4 is 0 Å². The fourth-order valence-corrected chi connectivity index (χ4v) is 4.97. The van der Waals surface area contributed by atoms with Crippen LogP contribution in [0.15, 0.2) is 24.3 Å². The Kier molecular flexibility index (Phi) is 2.00. The summed E-state index contributed by atoms with van der Waals surface area (Å²) in [5.41, 5.74) is 9.22. The molecule has 2 N–H and O–H groups in total. The Balaban J connectivity index is 1.58. The van der Waals surface area contributed by atoms with Crippen molar-refractivity contribution in [3.63, 3.8) is 0 Å². The van der Waals surface area contributed by atoms with Crippen LogP contribution in [0.3, 0.4) is 0 Å². The van der Waals surface area contributed by atoms with Crippen LogP contribution in [0.1, 0.15) is 36.4 Å². The first-order valence-corrected chi connectivity index (χ1v) is 7.08. The number of benzene rings is 1. The monoisotopic (exact) mass is 227 g/mol. The lowest BCUT2D eigenvalue weighted by molar-refractivity contribution is 0.417. The first-order valence-electron chi connectivity index (χ1n) is 7.08. The molecule has 17 heavy (non-hydrogen) atoms. The van der Waals surface area contributed by atoms with Gasteiger partial charge in [-0.25, -0.2) is 0 Å². The number of hydrogen-bond acceptors (Lipinski definition) is 1. The van der Waals surface area contributed by atoms with E-state index in [0.717, 1.165) is 29.6 Å². The zero-order valence-corrected chi connectivity index (χ0v) is 10.5. The highest BCUT2D eigenvalue weighted by atomic mass is 14.8. The topological polar surface area (TPSA) is 26.0 Å². The summed E-state index contributed by atoms with van der Waals surface area (Å²) in [6.45, 7) is 2.16. The molecule has 1 aromatic carbocycles. The summed E-state index contributed by atoms with van der Waals surface area (Å²) in [7, 11) is 0. The quantitative estimate of drug-likeness (QED) is 0.824. The van der Waals surface area contributed by atoms with Crippen molar-refractivity contribution in [1.82, 2.24) is 0 Å². The molecule has 3 aliphatic carbocycles. The summed E-state index contributed by atoms with van der Waals surface area (Å²) in [5, 5.41) is 0. The Morgan fingerprint density at radius 1 is 1.18 bits per heavy atom. The van der Waals surface area contributed by atoms with Gasteiger partial charge in [0.25, 0.3) is 0 Å². The molecule has 1 aromatic rings. The van der Waals surface area contributed by atoms with Gasteiger partial charge >= 0.3 is 0 Å². The van der Waals surface area contributed by atoms with E-state index in [2.05, 4.69) is 31.2 Å². The number of hydrogen-bond donors (Lipinski definition) is 1. The maximum Gasteiger partial charge on any atom is 0.0329 e. The van der Waals surface area contributed by atoms with Gasteiger partial charge in [0, 0.05) is 6.04 Å². The highest BCUT2D eigenvalue weighted by Crippen LogP contribution is 2.71. The van der Waals surface area contributed by atoms with Gasteiger partial charge in [0.15, 0.2) is 0 Å². The predicted molar refractivity (Wildman–Crippen MR) is 69.4 cm³/mol. The van der Waals surface area contributed by atoms with Gasteiger partial charge in [-0.15, -0.1) is 0 Å². The van der Waals surface area contributed by atoms with Crippen LogP contribution in [0.4, 0.5) is 0 Å². The molecule has 1 nitrogen and oxygen atoms in total. The largest absolute Gasteiger partial charge is 0.324 e. The zero-order chi connectivity index (χ0) is 11.6. The molecule has 1 heteroatoms. The van der Waals surface area contributed by atoms with Gasteiger partial charge in [0.2, 0.25) is 0 Å². The minimum atomic E-state index is 0.299. The van der Waals surface area contributed by atoms with Gasteiger partial charge in [-0.05, 0) is 61.3 Å². The molecule has 3 fully saturated rings. The van der Waals surface area contributed by atoms with Gasteiger partial charge in [0.05, 0.1) is 0 Å². The molecule has 3 aliphatic rings. The first kappa shape index (κ1) is 10.1. The lowest BCUT2D eigenvalue weighted by atomic mass is 9.93. The van der Waals surface area contributed by atoms with Crippen molar-refractivity contribution in [2.24, 2.45) is 35.3 Å². The molecular formula is C16H21N. The van der Waals surface area contributed by atoms with E-state index in [4.69, 9.17) is 5.73 Å². The van der Waals surface area contributed by atoms with Crippen molar-refractivity contribution in [2.45, 2.75) is 32.2 Å². The summed E-state index contributed by atoms with van der Waals surface area (Å²) in [6.07, 6.45) is 4.50. The van der Waals surface area contributed by atoms with Crippen LogP contribution in [0.25, 0.3) is 0 Å². The molecule has 90 valence electrons. The lowest BCUT2D eigenvalue weighted by Gasteiger charge is -2.17. The molecule has 4 rings (SSSR count). The van der Waals surface area contributed by atoms with Crippen LogP contribution in [0.5, 0.6) is 0 Å².